The fourth-order valence-electron chi connectivity index (χ4n) is 16.1. The van der Waals surface area contributed by atoms with Crippen molar-refractivity contribution in [1.29, 1.82) is 5.41 Å². The summed E-state index contributed by atoms with van der Waals surface area (Å²) in [5.41, 5.74) is 15.9. The summed E-state index contributed by atoms with van der Waals surface area (Å²) in [6, 6.07) is 21.7. The van der Waals surface area contributed by atoms with Crippen LogP contribution in [0, 0.1) is 17.2 Å². The van der Waals surface area contributed by atoms with E-state index < -0.39 is 240 Å². The molecule has 1 fully saturated rings. The second-order valence-corrected chi connectivity index (χ2v) is 36.2. The number of carboxylic acid groups (broad SMARTS) is 3. The van der Waals surface area contributed by atoms with Crippen LogP contribution in [0.2, 0.25) is 0 Å². The highest BCUT2D eigenvalue weighted by atomic mass is 32.1. The molecule has 0 saturated carbocycles. The average molecular weight is 2030 g/mol. The van der Waals surface area contributed by atoms with Crippen LogP contribution in [0.15, 0.2) is 176 Å². The maximum absolute atomic E-state index is 15.3. The van der Waals surface area contributed by atoms with E-state index in [1.165, 1.54) is 31.2 Å². The van der Waals surface area contributed by atoms with Crippen molar-refractivity contribution in [3.05, 3.63) is 210 Å². The summed E-state index contributed by atoms with van der Waals surface area (Å²) in [5.74, 6) is -22.0. The van der Waals surface area contributed by atoms with E-state index in [2.05, 4.69) is 115 Å². The fourth-order valence-corrected chi connectivity index (χ4v) is 16.7. The summed E-state index contributed by atoms with van der Waals surface area (Å²) in [7, 11) is 0. The van der Waals surface area contributed by atoms with Gasteiger partial charge < -0.3 is 127 Å². The number of carboxylic acids is 3. The number of nitrogens with zero attached hydrogens (tertiary/aromatic N) is 1. The lowest BCUT2D eigenvalue weighted by Gasteiger charge is -2.31. The summed E-state index contributed by atoms with van der Waals surface area (Å²) in [4.78, 5) is 262. The van der Waals surface area contributed by atoms with Crippen molar-refractivity contribution in [2.45, 2.75) is 209 Å². The van der Waals surface area contributed by atoms with Gasteiger partial charge in [-0.05, 0) is 102 Å². The van der Waals surface area contributed by atoms with Gasteiger partial charge in [0.05, 0.1) is 25.4 Å². The summed E-state index contributed by atoms with van der Waals surface area (Å²) >= 11 is 8.55. The Morgan fingerprint density at radius 1 is 0.431 bits per heavy atom. The van der Waals surface area contributed by atoms with Crippen LogP contribution < -0.4 is 91.2 Å². The lowest BCUT2D eigenvalue weighted by atomic mass is 9.97. The molecule has 2 aromatic heterocycles. The molecule has 0 spiro atoms. The topological polar surface area (TPSA) is 679 Å². The first-order valence-electron chi connectivity index (χ1n) is 46.9. The Balaban J connectivity index is 0.870. The average Bonchev–Trinajstić information content (AvgIpc) is 1.71. The summed E-state index contributed by atoms with van der Waals surface area (Å²) in [6.45, 7) is 6.93. The van der Waals surface area contributed by atoms with Gasteiger partial charge in [0.15, 0.2) is 5.96 Å². The van der Waals surface area contributed by atoms with Crippen LogP contribution in [0.3, 0.4) is 0 Å². The lowest BCUT2D eigenvalue weighted by molar-refractivity contribution is -0.146. The third-order valence-electron chi connectivity index (χ3n) is 24.3. The van der Waals surface area contributed by atoms with Crippen LogP contribution in [0.25, 0.3) is 21.8 Å². The minimum atomic E-state index is -2.00. The number of likely N-dealkylation sites (tertiary alicyclic amines) is 1. The van der Waals surface area contributed by atoms with Crippen LogP contribution in [0.1, 0.15) is 113 Å². The predicted octanol–water partition coefficient (Wildman–Crippen LogP) is -0.273. The molecule has 0 bridgehead atoms. The molecule has 0 unspecified atom stereocenters. The third-order valence-corrected chi connectivity index (χ3v) is 25.0. The number of hydrogen-bond acceptors (Lipinski definition) is 23. The molecule has 8 aromatic rings. The second kappa shape index (κ2) is 55.1. The van der Waals surface area contributed by atoms with Gasteiger partial charge in [0.2, 0.25) is 88.6 Å². The van der Waals surface area contributed by atoms with Crippen molar-refractivity contribution in [3.63, 3.8) is 0 Å². The number of nitrogens with one attached hydrogen (secondary N) is 18. The molecule has 0 aliphatic carbocycles. The zero-order valence-electron chi connectivity index (χ0n) is 79.9. The molecule has 1 saturated heterocycles. The molecule has 1 aliphatic rings. The Kier molecular flexibility index (Phi) is 43.0. The molecule has 144 heavy (non-hydrogen) atoms. The fraction of sp³-hybridized carbons (Fsp3) is 0.404. The van der Waals surface area contributed by atoms with Gasteiger partial charge in [0.25, 0.3) is 0 Å². The zero-order chi connectivity index (χ0) is 105. The molecule has 45 heteroatoms. The number of phenolic OH excluding ortho intramolecular Hbond substituents is 1. The number of carbonyl (C=O) groups is 18. The molecular formula is C99H125N21O22S2. The van der Waals surface area contributed by atoms with E-state index in [0.29, 0.717) is 50.7 Å². The number of para-hydroxylation sites is 2. The highest BCUT2D eigenvalue weighted by molar-refractivity contribution is 7.80. The molecular weight excluding hydrogens is 1900 g/mol. The van der Waals surface area contributed by atoms with Crippen molar-refractivity contribution >= 4 is 160 Å². The van der Waals surface area contributed by atoms with Crippen molar-refractivity contribution in [1.82, 2.24) is 94.6 Å². The van der Waals surface area contributed by atoms with Gasteiger partial charge in [-0.1, -0.05) is 174 Å². The normalized spacial score (nSPS) is 15.4. The molecule has 1 aliphatic heterocycles. The lowest BCUT2D eigenvalue weighted by Crippen LogP contribution is -2.62. The number of hydrogen-bond donors (Lipinski definition) is 26. The Bertz CT molecular complexity index is 5860. The van der Waals surface area contributed by atoms with Gasteiger partial charge >= 0.3 is 17.9 Å². The summed E-state index contributed by atoms with van der Waals surface area (Å²) in [5, 5.41) is 87.9. The van der Waals surface area contributed by atoms with Gasteiger partial charge in [-0.25, -0.2) is 4.79 Å². The number of fused-ring (bicyclic) bond motifs is 2. The number of aromatic amines is 2. The number of nitrogens with two attached hydrogens (primary N) is 2. The second-order valence-electron chi connectivity index (χ2n) is 35.5. The predicted molar refractivity (Wildman–Crippen MR) is 536 cm³/mol. The molecule has 16 atom stereocenters. The number of aliphatic carboxylic acids is 3. The molecule has 9 rings (SSSR count). The number of aromatic hydroxyl groups is 1. The van der Waals surface area contributed by atoms with E-state index in [1.807, 2.05) is 0 Å². The van der Waals surface area contributed by atoms with E-state index in [1.54, 1.807) is 180 Å². The molecule has 0 radical (unpaired) electrons. The SMILES string of the molecule is CC[C@H](C)[C@H](NC(=O)[C@H](CC(=O)O)NC(=O)[C@H](Cc1ccccc1)NC(=O)[C@H](Cc1ccccc1)NC(=O)[C@@H](NC(=O)[C@H](Cc1c[nH]c2ccccc12)NC(=O)[C@@H]1CCCN1C(=O)[C@H](CC(=O)O)NC(=O)[C@H](CS)NC(=O)[C@H](C)NC(=O)[C@H](Cc1ccccc1)NC(=O)[C@@H](N)CCCNC(=N)N)C(C)C)C(=O)N[C@@H](CS)C(=O)NCC(=O)N[C@@H](Cc1ccc(O)cc1)C(=O)N[C@@H](Cc1c[nH]c2ccccc12)C(=O)O. The summed E-state index contributed by atoms with van der Waals surface area (Å²) < 4.78 is 0. The van der Waals surface area contributed by atoms with Crippen molar-refractivity contribution in [2.24, 2.45) is 23.3 Å². The highest BCUT2D eigenvalue weighted by Gasteiger charge is 2.44. The van der Waals surface area contributed by atoms with Gasteiger partial charge in [0.1, 0.15) is 90.3 Å². The van der Waals surface area contributed by atoms with Gasteiger partial charge in [-0.15, -0.1) is 0 Å². The van der Waals surface area contributed by atoms with Crippen LogP contribution in [-0.2, 0) is 125 Å². The quantitative estimate of drug-likeness (QED) is 0.0101. The number of guanidine groups is 1. The van der Waals surface area contributed by atoms with E-state index >= 15 is 24.0 Å². The number of amides is 15. The maximum atomic E-state index is 15.3. The minimum absolute atomic E-state index is 0.0387. The number of phenols is 1. The number of benzene rings is 6. The minimum Gasteiger partial charge on any atom is -0.508 e. The van der Waals surface area contributed by atoms with Crippen LogP contribution in [0.5, 0.6) is 5.75 Å². The highest BCUT2D eigenvalue weighted by Crippen LogP contribution is 2.26. The molecule has 3 heterocycles. The summed E-state index contributed by atoms with van der Waals surface area (Å²) in [6.07, 6.45) is 0.588. The van der Waals surface area contributed by atoms with Gasteiger partial charge in [-0.3, -0.25) is 86.9 Å². The van der Waals surface area contributed by atoms with Crippen LogP contribution >= 0.6 is 25.3 Å². The van der Waals surface area contributed by atoms with E-state index in [9.17, 15) is 82.8 Å². The molecule has 15 amide bonds. The third kappa shape index (κ3) is 33.9. The number of rotatable bonds is 55. The van der Waals surface area contributed by atoms with Crippen LogP contribution in [-0.4, -0.2) is 270 Å². The van der Waals surface area contributed by atoms with Crippen molar-refractivity contribution in [2.75, 3.05) is 31.1 Å². The van der Waals surface area contributed by atoms with E-state index in [-0.39, 0.29) is 89.0 Å². The largest absolute Gasteiger partial charge is 0.508 e. The van der Waals surface area contributed by atoms with Crippen molar-refractivity contribution in [3.8, 4) is 5.75 Å². The Hall–Kier alpha value is -15.4. The smallest absolute Gasteiger partial charge is 0.326 e. The van der Waals surface area contributed by atoms with Crippen LogP contribution in [0.4, 0.5) is 0 Å². The molecule has 43 nitrogen and oxygen atoms in total. The Morgan fingerprint density at radius 3 is 1.33 bits per heavy atom. The first-order valence-corrected chi connectivity index (χ1v) is 48.2. The molecule has 26 N–H and O–H groups in total. The molecule has 6 aromatic carbocycles. The maximum Gasteiger partial charge on any atom is 0.326 e. The monoisotopic (exact) mass is 2020 g/mol. The van der Waals surface area contributed by atoms with E-state index in [4.69, 9.17) is 16.9 Å². The number of thiol groups is 2. The number of carbonyl (C=O) groups excluding carboxylic acids is 15. The zero-order valence-corrected chi connectivity index (χ0v) is 81.7. The number of H-pyrrole nitrogens is 2. The first kappa shape index (κ1) is 112. The Morgan fingerprint density at radius 2 is 0.826 bits per heavy atom. The van der Waals surface area contributed by atoms with Crippen molar-refractivity contribution < 1.29 is 107 Å². The first-order chi connectivity index (χ1) is 68.7. The van der Waals surface area contributed by atoms with Gasteiger partial charge in [-0.2, -0.15) is 25.3 Å². The Labute approximate surface area is 840 Å². The standard InChI is InChI=1S/C99H125N21O22S2/c1-6-54(4)83(96(139)117-76(51-143)86(129)106-50-79(122)108-68(43-59-34-36-62(121)37-35-59)88(131)115-75(98(141)142)45-61-49-105-67-32-19-17-29-64(61)67)119-92(135)73(46-80(123)124)111-89(132)70(41-57-24-12-8-13-25-57)110-90(133)71(42-58-26-14-9-15-27-58)113-95(138)82(53(2)3)118-91(134)72(44-60-48-104-66-31-18-16-28-63(60)66)112-94(137)78-33-21-39-120(78)97(140)74(47-81(125)126)114-93(136)77(52-144)116-84(127)55(5)107-87(130)69(40-56-22-10-7-11-23-56)109-85(128)65(100)30-20-38-103-99(101)102/h7-19,22-29,31-32,34-37,48-49,53-55,65,68-78,82-83,104-105,121,143-144H,6,20-21,30,33,38-47,50-52,100H2,1-5H3,(H,106,129)(H,107,130)(H,108,122)(H,109,128)(H,110,133)(H,111,132)(H,112,137)(H,113,138)(H,114,136)(H,115,131)(H,116,127)(H,117,139)(H,118,134)(H,119,135)(H,123,124)(H,125,126)(H,141,142)(H4,101,102,103)/t54-,55-,65-,68-,69-,70-,71-,72-,73-,74-,75-,76-,77-,78-,82-,83-/m0/s1. The number of aromatic nitrogens is 2. The van der Waals surface area contributed by atoms with E-state index in [0.717, 1.165) is 15.8 Å². The molecule has 770 valence electrons. The van der Waals surface area contributed by atoms with Gasteiger partial charge in [0, 0.05) is 97.3 Å².